The number of para-hydroxylation sites is 1. The summed E-state index contributed by atoms with van der Waals surface area (Å²) >= 11 is 0. The third-order valence-electron chi connectivity index (χ3n) is 3.73. The molecule has 0 amide bonds. The second-order valence-corrected chi connectivity index (χ2v) is 6.25. The molecule has 27 heavy (non-hydrogen) atoms. The Balaban J connectivity index is 0.000000646. The van der Waals surface area contributed by atoms with Crippen LogP contribution in [0.25, 0.3) is 0 Å². The van der Waals surface area contributed by atoms with Gasteiger partial charge in [-0.3, -0.25) is 9.59 Å². The van der Waals surface area contributed by atoms with Gasteiger partial charge in [0.25, 0.3) is 0 Å². The molecule has 0 aliphatic carbocycles. The van der Waals surface area contributed by atoms with Gasteiger partial charge in [-0.05, 0) is 38.0 Å². The molecule has 0 radical (unpaired) electrons. The van der Waals surface area contributed by atoms with Gasteiger partial charge < -0.3 is 4.74 Å². The van der Waals surface area contributed by atoms with Gasteiger partial charge in [0, 0.05) is 5.56 Å². The number of carbonyl (C=O) groups excluding carboxylic acids is 2. The molecular weight excluding hydrogens is 336 g/mol. The third kappa shape index (κ3) is 7.89. The summed E-state index contributed by atoms with van der Waals surface area (Å²) in [5.41, 5.74) is 4.56. The Morgan fingerprint density at radius 3 is 2.11 bits per heavy atom. The van der Waals surface area contributed by atoms with Crippen molar-refractivity contribution in [3.05, 3.63) is 83.6 Å². The zero-order valence-corrected chi connectivity index (χ0v) is 16.5. The van der Waals surface area contributed by atoms with Gasteiger partial charge in [0.15, 0.2) is 0 Å². The van der Waals surface area contributed by atoms with Crippen molar-refractivity contribution in [2.45, 2.75) is 40.0 Å². The third-order valence-corrected chi connectivity index (χ3v) is 3.73. The Bertz CT molecular complexity index is 780. The van der Waals surface area contributed by atoms with Crippen molar-refractivity contribution in [3.63, 3.8) is 0 Å². The lowest BCUT2D eigenvalue weighted by molar-refractivity contribution is 0.0814. The average molecular weight is 364 g/mol. The van der Waals surface area contributed by atoms with E-state index in [2.05, 4.69) is 19.2 Å². The monoisotopic (exact) mass is 364 g/mol. The fourth-order valence-electron chi connectivity index (χ4n) is 2.16. The summed E-state index contributed by atoms with van der Waals surface area (Å²) in [7, 11) is 0. The molecule has 142 valence electrons. The molecule has 0 aliphatic rings. The van der Waals surface area contributed by atoms with Gasteiger partial charge in [-0.25, -0.2) is 0 Å². The molecule has 0 fully saturated rings. The second kappa shape index (κ2) is 12.5. The topological polar surface area (TPSA) is 43.4 Å². The zero-order valence-electron chi connectivity index (χ0n) is 16.5. The van der Waals surface area contributed by atoms with E-state index >= 15 is 0 Å². The molecule has 0 saturated heterocycles. The first kappa shape index (κ1) is 22.1. The van der Waals surface area contributed by atoms with E-state index in [0.29, 0.717) is 23.5 Å². The summed E-state index contributed by atoms with van der Waals surface area (Å²) in [5.74, 6) is -0.560. The first-order valence-electron chi connectivity index (χ1n) is 9.20. The normalized spacial score (nSPS) is 9.44. The number of rotatable bonds is 8. The van der Waals surface area contributed by atoms with E-state index < -0.39 is 11.6 Å². The summed E-state index contributed by atoms with van der Waals surface area (Å²) in [6.07, 6.45) is 3.13. The summed E-state index contributed by atoms with van der Waals surface area (Å²) in [5, 5.41) is 0. The number of ketones is 2. The highest BCUT2D eigenvalue weighted by Crippen LogP contribution is 2.20. The molecule has 0 bridgehead atoms. The maximum atomic E-state index is 12.4. The minimum Gasteiger partial charge on any atom is -0.493 e. The van der Waals surface area contributed by atoms with Crippen molar-refractivity contribution in [1.29, 1.82) is 0 Å². The van der Waals surface area contributed by atoms with Gasteiger partial charge in [0.1, 0.15) is 5.75 Å². The summed E-state index contributed by atoms with van der Waals surface area (Å²) < 4.78 is 5.67. The highest BCUT2D eigenvalue weighted by Gasteiger charge is 2.21. The Morgan fingerprint density at radius 2 is 1.52 bits per heavy atom. The molecule has 2 rings (SSSR count). The van der Waals surface area contributed by atoms with Gasteiger partial charge >= 0.3 is 0 Å². The van der Waals surface area contributed by atoms with E-state index in [4.69, 9.17) is 4.74 Å². The van der Waals surface area contributed by atoms with Crippen molar-refractivity contribution >= 4 is 11.6 Å². The number of benzene rings is 2. The predicted octanol–water partition coefficient (Wildman–Crippen LogP) is 6.06. The highest BCUT2D eigenvalue weighted by atomic mass is 16.5. The van der Waals surface area contributed by atoms with E-state index in [1.54, 1.807) is 48.5 Å². The molecule has 0 unspecified atom stereocenters. The highest BCUT2D eigenvalue weighted by molar-refractivity contribution is 6.49. The lowest BCUT2D eigenvalue weighted by atomic mass is 10.0. The Morgan fingerprint density at radius 1 is 0.926 bits per heavy atom. The van der Waals surface area contributed by atoms with Crippen LogP contribution in [0.5, 0.6) is 5.75 Å². The lowest BCUT2D eigenvalue weighted by Gasteiger charge is -2.10. The molecule has 0 spiro atoms. The smallest absolute Gasteiger partial charge is 0.237 e. The van der Waals surface area contributed by atoms with Crippen LogP contribution in [0, 0.1) is 0 Å². The Labute approximate surface area is 162 Å². The van der Waals surface area contributed by atoms with Crippen LogP contribution in [0.3, 0.4) is 0 Å². The molecule has 0 saturated carbocycles. The van der Waals surface area contributed by atoms with Crippen molar-refractivity contribution < 1.29 is 14.3 Å². The first-order valence-corrected chi connectivity index (χ1v) is 9.20. The Kier molecular flexibility index (Phi) is 10.2. The van der Waals surface area contributed by atoms with E-state index in [-0.39, 0.29) is 0 Å². The molecule has 0 aliphatic heterocycles. The molecular formula is C24H28O3. The van der Waals surface area contributed by atoms with Gasteiger partial charge in [-0.2, -0.15) is 0 Å². The number of allylic oxidation sites excluding steroid dienone is 1. The van der Waals surface area contributed by atoms with Crippen molar-refractivity contribution in [2.24, 2.45) is 0 Å². The van der Waals surface area contributed by atoms with Crippen LogP contribution >= 0.6 is 0 Å². The minimum absolute atomic E-state index is 0.327. The largest absolute Gasteiger partial charge is 0.493 e. The number of hydrogen-bond acceptors (Lipinski definition) is 3. The fourth-order valence-corrected chi connectivity index (χ4v) is 2.16. The molecule has 0 heterocycles. The molecule has 0 N–H and O–H groups in total. The van der Waals surface area contributed by atoms with E-state index in [9.17, 15) is 9.59 Å². The number of ether oxygens (including phenoxy) is 1. The fraction of sp³-hybridized carbons (Fsp3) is 0.292. The van der Waals surface area contributed by atoms with E-state index in [0.717, 1.165) is 24.8 Å². The average Bonchev–Trinajstić information content (AvgIpc) is 2.71. The number of hydrogen-bond donors (Lipinski definition) is 0. The molecule has 2 aromatic rings. The molecule has 3 heteroatoms. The molecule has 3 nitrogen and oxygen atoms in total. The first-order chi connectivity index (χ1) is 13.0. The van der Waals surface area contributed by atoms with Crippen LogP contribution in [-0.4, -0.2) is 18.2 Å². The van der Waals surface area contributed by atoms with Crippen LogP contribution in [0.1, 0.15) is 60.7 Å². The van der Waals surface area contributed by atoms with Gasteiger partial charge in [0.2, 0.25) is 11.6 Å². The Hall–Kier alpha value is -2.90. The summed E-state index contributed by atoms with van der Waals surface area (Å²) in [6, 6.07) is 15.5. The van der Waals surface area contributed by atoms with Gasteiger partial charge in [-0.1, -0.05) is 68.8 Å². The van der Waals surface area contributed by atoms with Crippen molar-refractivity contribution in [3.8, 4) is 5.75 Å². The van der Waals surface area contributed by atoms with Gasteiger partial charge in [0.05, 0.1) is 12.2 Å². The summed E-state index contributed by atoms with van der Waals surface area (Å²) in [4.78, 5) is 24.7. The predicted molar refractivity (Wildman–Crippen MR) is 111 cm³/mol. The van der Waals surface area contributed by atoms with E-state index in [1.807, 2.05) is 19.9 Å². The molecule has 0 aromatic heterocycles. The summed E-state index contributed by atoms with van der Waals surface area (Å²) in [6.45, 7) is 10.0. The molecule has 2 aromatic carbocycles. The van der Waals surface area contributed by atoms with Crippen LogP contribution in [0.2, 0.25) is 0 Å². The minimum atomic E-state index is -0.530. The van der Waals surface area contributed by atoms with Crippen molar-refractivity contribution in [2.75, 3.05) is 6.61 Å². The number of Topliss-reactive ketones (excluding diaryl/α,β-unsaturated/α-hetero) is 2. The number of unbranched alkanes of at least 4 members (excludes halogenated alkanes) is 2. The van der Waals surface area contributed by atoms with Crippen molar-refractivity contribution in [1.82, 2.24) is 0 Å². The maximum Gasteiger partial charge on any atom is 0.237 e. The maximum absolute atomic E-state index is 12.4. The van der Waals surface area contributed by atoms with Crippen LogP contribution < -0.4 is 4.74 Å². The zero-order chi connectivity index (χ0) is 20.1. The lowest BCUT2D eigenvalue weighted by Crippen LogP contribution is -2.16. The molecule has 0 atom stereocenters. The van der Waals surface area contributed by atoms with E-state index in [1.165, 1.54) is 0 Å². The van der Waals surface area contributed by atoms with Crippen LogP contribution in [0.15, 0.2) is 72.5 Å². The SMILES string of the molecule is C=C=C(C)C.CCCCCOc1ccccc1C(=O)C(=O)c1ccccc1. The number of carbonyl (C=O) groups is 2. The quantitative estimate of drug-likeness (QED) is 0.247. The van der Waals surface area contributed by atoms with Crippen LogP contribution in [-0.2, 0) is 0 Å². The standard InChI is InChI=1S/C19H20O3.C5H8/c1-2-3-9-14-22-17-13-8-7-12-16(17)19(21)18(20)15-10-5-4-6-11-15;1-4-5(2)3/h4-8,10-13H,2-3,9,14H2,1H3;1H2,2-3H3. The van der Waals surface area contributed by atoms with Crippen LogP contribution in [0.4, 0.5) is 0 Å². The second-order valence-electron chi connectivity index (χ2n) is 6.25. The van der Waals surface area contributed by atoms with Gasteiger partial charge in [-0.15, -0.1) is 5.73 Å².